The minimum atomic E-state index is -0.195. The first-order valence-corrected chi connectivity index (χ1v) is 13.5. The molecule has 7 nitrogen and oxygen atoms in total. The van der Waals surface area contributed by atoms with E-state index in [0.29, 0.717) is 29.2 Å². The van der Waals surface area contributed by atoms with E-state index in [4.69, 9.17) is 5.73 Å². The van der Waals surface area contributed by atoms with Gasteiger partial charge in [-0.25, -0.2) is 0 Å². The van der Waals surface area contributed by atoms with Gasteiger partial charge >= 0.3 is 0 Å². The Labute approximate surface area is 224 Å². The SMILES string of the molecule is C/C=C(CSCCN)\C(=C/C)C(=O)Nc1ccc(-c2cc(NC(=O)c3ccccc3)n(C)n2)cc1.CC. The number of nitrogens with one attached hydrogen (secondary N) is 2. The van der Waals surface area contributed by atoms with E-state index in [1.54, 1.807) is 35.6 Å². The van der Waals surface area contributed by atoms with Gasteiger partial charge in [0.05, 0.1) is 5.69 Å². The zero-order valence-corrected chi connectivity index (χ0v) is 23.1. The van der Waals surface area contributed by atoms with Gasteiger partial charge in [0.25, 0.3) is 11.8 Å². The molecule has 37 heavy (non-hydrogen) atoms. The van der Waals surface area contributed by atoms with Gasteiger partial charge in [0.2, 0.25) is 0 Å². The van der Waals surface area contributed by atoms with Gasteiger partial charge in [-0.15, -0.1) is 0 Å². The highest BCUT2D eigenvalue weighted by Gasteiger charge is 2.15. The molecular formula is C29H37N5O2S. The van der Waals surface area contributed by atoms with Crippen LogP contribution in [0.1, 0.15) is 38.1 Å². The summed E-state index contributed by atoms with van der Waals surface area (Å²) in [5.41, 5.74) is 10.1. The lowest BCUT2D eigenvalue weighted by molar-refractivity contribution is -0.112. The number of carbonyl (C=O) groups excluding carboxylic acids is 2. The Balaban J connectivity index is 0.00000235. The third-order valence-corrected chi connectivity index (χ3v) is 6.38. The molecule has 2 aromatic carbocycles. The molecule has 196 valence electrons. The average Bonchev–Trinajstić information content (AvgIpc) is 3.30. The van der Waals surface area contributed by atoms with Crippen molar-refractivity contribution in [1.82, 2.24) is 9.78 Å². The Kier molecular flexibility index (Phi) is 12.4. The number of nitrogens with two attached hydrogens (primary N) is 1. The van der Waals surface area contributed by atoms with Crippen LogP contribution in [0.15, 0.2) is 84.0 Å². The molecule has 1 heterocycles. The number of allylic oxidation sites excluding steroid dienone is 2. The lowest BCUT2D eigenvalue weighted by atomic mass is 10.1. The number of carbonyl (C=O) groups is 2. The quantitative estimate of drug-likeness (QED) is 0.176. The maximum Gasteiger partial charge on any atom is 0.256 e. The van der Waals surface area contributed by atoms with E-state index in [0.717, 1.165) is 28.3 Å². The molecule has 3 aromatic rings. The zero-order valence-electron chi connectivity index (χ0n) is 22.2. The second-order valence-electron chi connectivity index (χ2n) is 7.75. The lowest BCUT2D eigenvalue weighted by Gasteiger charge is -2.12. The summed E-state index contributed by atoms with van der Waals surface area (Å²) in [4.78, 5) is 25.4. The fraction of sp³-hybridized carbons (Fsp3) is 0.276. The number of thioether (sulfide) groups is 1. The van der Waals surface area contributed by atoms with E-state index in [-0.39, 0.29) is 11.8 Å². The van der Waals surface area contributed by atoms with Crippen LogP contribution in [-0.2, 0) is 11.8 Å². The van der Waals surface area contributed by atoms with E-state index >= 15 is 0 Å². The number of hydrogen-bond acceptors (Lipinski definition) is 5. The summed E-state index contributed by atoms with van der Waals surface area (Å²) in [6.45, 7) is 8.42. The predicted octanol–water partition coefficient (Wildman–Crippen LogP) is 5.89. The number of amides is 2. The van der Waals surface area contributed by atoms with E-state index in [9.17, 15) is 9.59 Å². The number of rotatable bonds is 10. The molecule has 3 rings (SSSR count). The van der Waals surface area contributed by atoms with E-state index in [1.165, 1.54) is 0 Å². The summed E-state index contributed by atoms with van der Waals surface area (Å²) in [5, 5.41) is 10.4. The summed E-state index contributed by atoms with van der Waals surface area (Å²) < 4.78 is 1.63. The number of hydrogen-bond donors (Lipinski definition) is 3. The smallest absolute Gasteiger partial charge is 0.256 e. The van der Waals surface area contributed by atoms with Crippen molar-refractivity contribution in [2.45, 2.75) is 27.7 Å². The van der Waals surface area contributed by atoms with Crippen LogP contribution in [0.5, 0.6) is 0 Å². The molecule has 0 radical (unpaired) electrons. The molecule has 0 saturated heterocycles. The van der Waals surface area contributed by atoms with Crippen molar-refractivity contribution in [3.63, 3.8) is 0 Å². The van der Waals surface area contributed by atoms with E-state index < -0.39 is 0 Å². The largest absolute Gasteiger partial charge is 0.330 e. The van der Waals surface area contributed by atoms with Gasteiger partial charge < -0.3 is 16.4 Å². The minimum absolute atomic E-state index is 0.148. The number of benzene rings is 2. The van der Waals surface area contributed by atoms with Crippen molar-refractivity contribution in [2.75, 3.05) is 28.7 Å². The molecule has 4 N–H and O–H groups in total. The van der Waals surface area contributed by atoms with Crippen LogP contribution >= 0.6 is 11.8 Å². The average molecular weight is 520 g/mol. The highest BCUT2D eigenvalue weighted by Crippen LogP contribution is 2.24. The molecule has 0 fully saturated rings. The van der Waals surface area contributed by atoms with Gasteiger partial charge in [-0.3, -0.25) is 14.3 Å². The van der Waals surface area contributed by atoms with E-state index in [2.05, 4.69) is 15.7 Å². The molecule has 0 unspecified atom stereocenters. The molecule has 1 aromatic heterocycles. The van der Waals surface area contributed by atoms with Crippen LogP contribution in [0.4, 0.5) is 11.5 Å². The summed E-state index contributed by atoms with van der Waals surface area (Å²) in [5.74, 6) is 1.84. The van der Waals surface area contributed by atoms with Crippen LogP contribution in [0.2, 0.25) is 0 Å². The molecule has 0 saturated carbocycles. The topological polar surface area (TPSA) is 102 Å². The van der Waals surface area contributed by atoms with Gasteiger partial charge in [0.15, 0.2) is 0 Å². The highest BCUT2D eigenvalue weighted by atomic mass is 32.2. The van der Waals surface area contributed by atoms with Crippen LogP contribution in [0.25, 0.3) is 11.3 Å². The fourth-order valence-corrected chi connectivity index (χ4v) is 4.32. The highest BCUT2D eigenvalue weighted by molar-refractivity contribution is 7.99. The van der Waals surface area contributed by atoms with Crippen molar-refractivity contribution in [3.8, 4) is 11.3 Å². The van der Waals surface area contributed by atoms with Gasteiger partial charge in [0.1, 0.15) is 5.82 Å². The Morgan fingerprint density at radius 2 is 1.68 bits per heavy atom. The molecule has 0 aliphatic carbocycles. The second kappa shape index (κ2) is 15.5. The summed E-state index contributed by atoms with van der Waals surface area (Å²) >= 11 is 1.71. The Morgan fingerprint density at radius 3 is 2.27 bits per heavy atom. The van der Waals surface area contributed by atoms with Crippen molar-refractivity contribution in [2.24, 2.45) is 12.8 Å². The predicted molar refractivity (Wildman–Crippen MR) is 157 cm³/mol. The first-order valence-electron chi connectivity index (χ1n) is 12.4. The zero-order chi connectivity index (χ0) is 27.2. The Morgan fingerprint density at radius 1 is 1.00 bits per heavy atom. The third kappa shape index (κ3) is 8.48. The number of anilines is 2. The summed E-state index contributed by atoms with van der Waals surface area (Å²) in [6.07, 6.45) is 3.80. The van der Waals surface area contributed by atoms with Gasteiger partial charge in [0, 0.05) is 53.6 Å². The molecule has 0 spiro atoms. The molecule has 0 bridgehead atoms. The molecule has 0 aliphatic rings. The van der Waals surface area contributed by atoms with Crippen LogP contribution in [0, 0.1) is 0 Å². The molecule has 2 amide bonds. The Bertz CT molecular complexity index is 1210. The van der Waals surface area contributed by atoms with Crippen molar-refractivity contribution in [1.29, 1.82) is 0 Å². The normalized spacial score (nSPS) is 11.4. The number of aryl methyl sites for hydroxylation is 1. The monoisotopic (exact) mass is 519 g/mol. The Hall–Kier alpha value is -3.62. The molecule has 0 aliphatic heterocycles. The molecular weight excluding hydrogens is 482 g/mol. The van der Waals surface area contributed by atoms with Crippen LogP contribution < -0.4 is 16.4 Å². The minimum Gasteiger partial charge on any atom is -0.330 e. The first kappa shape index (κ1) is 29.6. The maximum absolute atomic E-state index is 12.9. The summed E-state index contributed by atoms with van der Waals surface area (Å²) in [6, 6.07) is 18.3. The molecule has 0 atom stereocenters. The van der Waals surface area contributed by atoms with Gasteiger partial charge in [-0.1, -0.05) is 56.3 Å². The molecule has 8 heteroatoms. The lowest BCUT2D eigenvalue weighted by Crippen LogP contribution is -2.17. The maximum atomic E-state index is 12.9. The van der Waals surface area contributed by atoms with Gasteiger partial charge in [-0.2, -0.15) is 16.9 Å². The van der Waals surface area contributed by atoms with Crippen molar-refractivity contribution < 1.29 is 9.59 Å². The van der Waals surface area contributed by atoms with E-state index in [1.807, 2.05) is 88.4 Å². The first-order chi connectivity index (χ1) is 18.0. The van der Waals surface area contributed by atoms with Crippen molar-refractivity contribution >= 4 is 35.1 Å². The third-order valence-electron chi connectivity index (χ3n) is 5.34. The second-order valence-corrected chi connectivity index (χ2v) is 8.85. The van der Waals surface area contributed by atoms with Crippen LogP contribution in [-0.4, -0.2) is 39.6 Å². The standard InChI is InChI=1S/C27H31N5O2S.C2H6/c1-4-19(18-35-16-15-28)23(5-2)27(34)29-22-13-11-20(12-14-22)24-17-25(32(3)31-24)30-26(33)21-9-7-6-8-10-21;1-2/h4-14,17H,15-16,18,28H2,1-3H3,(H,29,34)(H,30,33);1-2H3/b19-4-,23-5+;. The number of aromatic nitrogens is 2. The number of nitrogens with zero attached hydrogens (tertiary/aromatic N) is 2. The summed E-state index contributed by atoms with van der Waals surface area (Å²) in [7, 11) is 1.78. The van der Waals surface area contributed by atoms with Crippen molar-refractivity contribution in [3.05, 3.63) is 89.5 Å². The van der Waals surface area contributed by atoms with Crippen LogP contribution in [0.3, 0.4) is 0 Å². The fourth-order valence-electron chi connectivity index (χ4n) is 3.47. The van der Waals surface area contributed by atoms with Gasteiger partial charge in [-0.05, 0) is 43.7 Å².